The third kappa shape index (κ3) is 3.06. The maximum Gasteiger partial charge on any atom is 0.243 e. The first-order valence-corrected chi connectivity index (χ1v) is 11.2. The largest absolute Gasteiger partial charge is 0.243 e. The Bertz CT molecular complexity index is 1020. The SMILES string of the molecule is Cc1ccc(S(=O)(=O)N2CCCCC2c2nc3ccccc3s2)cc1C. The maximum absolute atomic E-state index is 13.4. The van der Waals surface area contributed by atoms with Gasteiger partial charge in [0.2, 0.25) is 10.0 Å². The number of piperidine rings is 1. The van der Waals surface area contributed by atoms with Gasteiger partial charge in [-0.1, -0.05) is 24.6 Å². The minimum Gasteiger partial charge on any atom is -0.239 e. The van der Waals surface area contributed by atoms with Gasteiger partial charge in [-0.25, -0.2) is 13.4 Å². The van der Waals surface area contributed by atoms with Gasteiger partial charge in [-0.05, 0) is 62.1 Å². The summed E-state index contributed by atoms with van der Waals surface area (Å²) in [5, 5.41) is 0.901. The fraction of sp³-hybridized carbons (Fsp3) is 0.350. The Morgan fingerprint density at radius 1 is 1.08 bits per heavy atom. The number of hydrogen-bond acceptors (Lipinski definition) is 4. The molecule has 1 aliphatic heterocycles. The van der Waals surface area contributed by atoms with Crippen molar-refractivity contribution in [2.45, 2.75) is 44.0 Å². The molecular weight excluding hydrogens is 364 g/mol. The van der Waals surface area contributed by atoms with Crippen LogP contribution in [0.5, 0.6) is 0 Å². The highest BCUT2D eigenvalue weighted by molar-refractivity contribution is 7.89. The summed E-state index contributed by atoms with van der Waals surface area (Å²) in [6.45, 7) is 4.50. The Morgan fingerprint density at radius 3 is 2.65 bits per heavy atom. The zero-order valence-electron chi connectivity index (χ0n) is 15.0. The number of aryl methyl sites for hydroxylation is 2. The van der Waals surface area contributed by atoms with Crippen molar-refractivity contribution in [3.8, 4) is 0 Å². The number of thiazole rings is 1. The molecule has 1 aromatic heterocycles. The molecule has 1 atom stereocenters. The van der Waals surface area contributed by atoms with Gasteiger partial charge in [0.15, 0.2) is 0 Å². The Morgan fingerprint density at radius 2 is 1.88 bits per heavy atom. The predicted octanol–water partition coefficient (Wildman–Crippen LogP) is 4.83. The van der Waals surface area contributed by atoms with Crippen LogP contribution < -0.4 is 0 Å². The van der Waals surface area contributed by atoms with Crippen molar-refractivity contribution in [3.05, 3.63) is 58.6 Å². The minimum atomic E-state index is -3.54. The number of hydrogen-bond donors (Lipinski definition) is 0. The van der Waals surface area contributed by atoms with E-state index in [0.717, 1.165) is 45.6 Å². The van der Waals surface area contributed by atoms with Gasteiger partial charge in [0.25, 0.3) is 0 Å². The average molecular weight is 387 g/mol. The van der Waals surface area contributed by atoms with Crippen LogP contribution in [0.3, 0.4) is 0 Å². The number of fused-ring (bicyclic) bond motifs is 1. The molecule has 0 radical (unpaired) electrons. The van der Waals surface area contributed by atoms with Crippen LogP contribution in [0.1, 0.15) is 41.4 Å². The topological polar surface area (TPSA) is 50.3 Å². The third-order valence-corrected chi connectivity index (χ3v) is 8.18. The molecule has 6 heteroatoms. The number of sulfonamides is 1. The van der Waals surface area contributed by atoms with E-state index in [4.69, 9.17) is 4.98 Å². The molecule has 0 N–H and O–H groups in total. The van der Waals surface area contributed by atoms with Gasteiger partial charge >= 0.3 is 0 Å². The standard InChI is InChI=1S/C20H22N2O2S2/c1-14-10-11-16(13-15(14)2)26(23,24)22-12-6-5-8-18(22)20-21-17-7-3-4-9-19(17)25-20/h3-4,7,9-11,13,18H,5-6,8,12H2,1-2H3. The Labute approximate surface area is 158 Å². The van der Waals surface area contributed by atoms with Crippen molar-refractivity contribution in [2.75, 3.05) is 6.54 Å². The van der Waals surface area contributed by atoms with Gasteiger partial charge in [-0.2, -0.15) is 4.31 Å². The molecule has 0 amide bonds. The van der Waals surface area contributed by atoms with Gasteiger partial charge in [0.1, 0.15) is 5.01 Å². The highest BCUT2D eigenvalue weighted by Gasteiger charge is 2.36. The zero-order valence-corrected chi connectivity index (χ0v) is 16.6. The smallest absolute Gasteiger partial charge is 0.239 e. The van der Waals surface area contributed by atoms with Crippen LogP contribution in [-0.4, -0.2) is 24.3 Å². The summed E-state index contributed by atoms with van der Waals surface area (Å²) in [7, 11) is -3.54. The molecule has 4 nitrogen and oxygen atoms in total. The van der Waals surface area contributed by atoms with E-state index in [2.05, 4.69) is 0 Å². The van der Waals surface area contributed by atoms with E-state index in [0.29, 0.717) is 11.4 Å². The lowest BCUT2D eigenvalue weighted by atomic mass is 10.1. The number of rotatable bonds is 3. The molecule has 2 aromatic carbocycles. The lowest BCUT2D eigenvalue weighted by Crippen LogP contribution is -2.38. The lowest BCUT2D eigenvalue weighted by molar-refractivity contribution is 0.255. The monoisotopic (exact) mass is 386 g/mol. The molecule has 1 aliphatic rings. The summed E-state index contributed by atoms with van der Waals surface area (Å²) in [6.07, 6.45) is 2.74. The zero-order chi connectivity index (χ0) is 18.3. The number of aromatic nitrogens is 1. The number of para-hydroxylation sites is 1. The normalized spacial score (nSPS) is 19.1. The van der Waals surface area contributed by atoms with Crippen molar-refractivity contribution in [1.82, 2.24) is 9.29 Å². The van der Waals surface area contributed by atoms with E-state index in [9.17, 15) is 8.42 Å². The molecule has 3 aromatic rings. The highest BCUT2D eigenvalue weighted by atomic mass is 32.2. The van der Waals surface area contributed by atoms with Crippen molar-refractivity contribution in [2.24, 2.45) is 0 Å². The highest BCUT2D eigenvalue weighted by Crippen LogP contribution is 2.38. The fourth-order valence-corrected chi connectivity index (χ4v) is 6.41. The van der Waals surface area contributed by atoms with Crippen LogP contribution in [0.15, 0.2) is 47.4 Å². The molecule has 0 spiro atoms. The summed E-state index contributed by atoms with van der Waals surface area (Å²) in [5.41, 5.74) is 3.05. The molecule has 0 aliphatic carbocycles. The first-order valence-electron chi connectivity index (χ1n) is 8.91. The van der Waals surface area contributed by atoms with Crippen LogP contribution in [0.25, 0.3) is 10.2 Å². The second-order valence-corrected chi connectivity index (χ2v) is 9.85. The first-order chi connectivity index (χ1) is 12.5. The number of nitrogens with zero attached hydrogens (tertiary/aromatic N) is 2. The summed E-state index contributed by atoms with van der Waals surface area (Å²) in [5.74, 6) is 0. The van der Waals surface area contributed by atoms with E-state index in [1.54, 1.807) is 27.8 Å². The minimum absolute atomic E-state index is 0.173. The maximum atomic E-state index is 13.4. The average Bonchev–Trinajstić information content (AvgIpc) is 3.08. The van der Waals surface area contributed by atoms with E-state index in [-0.39, 0.29) is 6.04 Å². The Kier molecular flexibility index (Phi) is 4.59. The summed E-state index contributed by atoms with van der Waals surface area (Å²) in [4.78, 5) is 5.12. The molecule has 1 unspecified atom stereocenters. The van der Waals surface area contributed by atoms with Gasteiger partial charge in [-0.15, -0.1) is 11.3 Å². The van der Waals surface area contributed by atoms with Gasteiger partial charge in [-0.3, -0.25) is 0 Å². The Hall–Kier alpha value is -1.76. The molecule has 0 bridgehead atoms. The van der Waals surface area contributed by atoms with Gasteiger partial charge in [0.05, 0.1) is 21.2 Å². The first kappa shape index (κ1) is 17.6. The van der Waals surface area contributed by atoms with Crippen molar-refractivity contribution in [1.29, 1.82) is 0 Å². The molecule has 4 rings (SSSR count). The van der Waals surface area contributed by atoms with E-state index in [1.807, 2.05) is 44.2 Å². The van der Waals surface area contributed by atoms with Crippen LogP contribution in [-0.2, 0) is 10.0 Å². The number of benzene rings is 2. The Balaban J connectivity index is 1.75. The molecule has 136 valence electrons. The second-order valence-electron chi connectivity index (χ2n) is 6.89. The van der Waals surface area contributed by atoms with E-state index < -0.39 is 10.0 Å². The van der Waals surface area contributed by atoms with Crippen LogP contribution in [0.2, 0.25) is 0 Å². The third-order valence-electron chi connectivity index (χ3n) is 5.13. The molecular formula is C20H22N2O2S2. The van der Waals surface area contributed by atoms with Crippen molar-refractivity contribution in [3.63, 3.8) is 0 Å². The molecule has 26 heavy (non-hydrogen) atoms. The van der Waals surface area contributed by atoms with E-state index >= 15 is 0 Å². The van der Waals surface area contributed by atoms with Crippen LogP contribution in [0.4, 0.5) is 0 Å². The van der Waals surface area contributed by atoms with E-state index in [1.165, 1.54) is 0 Å². The molecule has 1 saturated heterocycles. The summed E-state index contributed by atoms with van der Waals surface area (Å²) < 4.78 is 29.5. The van der Waals surface area contributed by atoms with Crippen LogP contribution >= 0.6 is 11.3 Å². The quantitative estimate of drug-likeness (QED) is 0.648. The van der Waals surface area contributed by atoms with Crippen molar-refractivity contribution >= 4 is 31.6 Å². The molecule has 2 heterocycles. The second kappa shape index (κ2) is 6.76. The molecule has 1 fully saturated rings. The van der Waals surface area contributed by atoms with Gasteiger partial charge in [0, 0.05) is 6.54 Å². The summed E-state index contributed by atoms with van der Waals surface area (Å²) >= 11 is 1.61. The lowest BCUT2D eigenvalue weighted by Gasteiger charge is -2.33. The summed E-state index contributed by atoms with van der Waals surface area (Å²) in [6, 6.07) is 13.2. The fourth-order valence-electron chi connectivity index (χ4n) is 3.48. The molecule has 0 saturated carbocycles. The predicted molar refractivity (Wildman–Crippen MR) is 106 cm³/mol. The van der Waals surface area contributed by atoms with Gasteiger partial charge < -0.3 is 0 Å². The van der Waals surface area contributed by atoms with Crippen LogP contribution in [0, 0.1) is 13.8 Å². The van der Waals surface area contributed by atoms with Crippen molar-refractivity contribution < 1.29 is 8.42 Å².